The molecule has 1 amide bonds. The number of para-hydroxylation sites is 1. The number of nitrogens with one attached hydrogen (secondary N) is 1. The zero-order valence-electron chi connectivity index (χ0n) is 15.0. The molecule has 0 radical (unpaired) electrons. The largest absolute Gasteiger partial charge is 0.455 e. The lowest BCUT2D eigenvalue weighted by Gasteiger charge is -1.97. The van der Waals surface area contributed by atoms with Gasteiger partial charge in [-0.1, -0.05) is 23.9 Å². The van der Waals surface area contributed by atoms with Gasteiger partial charge in [-0.3, -0.25) is 4.79 Å². The number of fused-ring (bicyclic) bond motifs is 1. The minimum atomic E-state index is -0.218. The number of thiazole rings is 1. The van der Waals surface area contributed by atoms with Gasteiger partial charge in [-0.05, 0) is 48.5 Å². The van der Waals surface area contributed by atoms with Crippen LogP contribution in [0.2, 0.25) is 0 Å². The van der Waals surface area contributed by atoms with Crippen molar-refractivity contribution in [1.29, 1.82) is 5.26 Å². The van der Waals surface area contributed by atoms with E-state index in [1.807, 2.05) is 42.5 Å². The van der Waals surface area contributed by atoms with Crippen molar-refractivity contribution in [1.82, 2.24) is 10.4 Å². The molecule has 0 aliphatic carbocycles. The Balaban J connectivity index is 1.29. The Morgan fingerprint density at radius 3 is 2.83 bits per heavy atom. The molecule has 2 heterocycles. The molecular formula is C21H14N4O2S2. The minimum absolute atomic E-state index is 0.218. The molecular weight excluding hydrogens is 404 g/mol. The number of carbonyl (C=O) groups excluding carboxylic acids is 1. The third kappa shape index (κ3) is 4.71. The summed E-state index contributed by atoms with van der Waals surface area (Å²) in [4.78, 5) is 16.5. The number of hydrazone groups is 1. The molecule has 0 atom stereocenters. The second-order valence-electron chi connectivity index (χ2n) is 5.92. The molecule has 0 aliphatic rings. The van der Waals surface area contributed by atoms with Gasteiger partial charge >= 0.3 is 0 Å². The topological polar surface area (TPSA) is 91.3 Å². The van der Waals surface area contributed by atoms with Crippen molar-refractivity contribution in [2.24, 2.45) is 5.10 Å². The number of nitrogens with zero attached hydrogens (tertiary/aromatic N) is 3. The number of carbonyl (C=O) groups is 1. The van der Waals surface area contributed by atoms with E-state index in [-0.39, 0.29) is 11.7 Å². The quantitative estimate of drug-likeness (QED) is 0.279. The summed E-state index contributed by atoms with van der Waals surface area (Å²) in [5.74, 6) is 1.19. The van der Waals surface area contributed by atoms with Crippen molar-refractivity contribution in [3.05, 3.63) is 72.0 Å². The maximum absolute atomic E-state index is 12.0. The zero-order chi connectivity index (χ0) is 20.1. The van der Waals surface area contributed by atoms with Crippen LogP contribution >= 0.6 is 23.1 Å². The molecule has 4 aromatic rings. The molecule has 0 saturated carbocycles. The van der Waals surface area contributed by atoms with Gasteiger partial charge < -0.3 is 4.42 Å². The van der Waals surface area contributed by atoms with E-state index in [0.29, 0.717) is 17.1 Å². The molecule has 6 nitrogen and oxygen atoms in total. The Bertz CT molecular complexity index is 1190. The van der Waals surface area contributed by atoms with Crippen LogP contribution in [0.4, 0.5) is 0 Å². The second kappa shape index (κ2) is 8.73. The normalized spacial score (nSPS) is 11.0. The van der Waals surface area contributed by atoms with Crippen molar-refractivity contribution in [2.45, 2.75) is 4.34 Å². The maximum atomic E-state index is 12.0. The van der Waals surface area contributed by atoms with Crippen LogP contribution in [0.15, 0.2) is 74.5 Å². The first kappa shape index (κ1) is 18.9. The highest BCUT2D eigenvalue weighted by molar-refractivity contribution is 8.01. The van der Waals surface area contributed by atoms with Crippen LogP contribution in [0.5, 0.6) is 0 Å². The Kier molecular flexibility index (Phi) is 5.70. The average molecular weight is 419 g/mol. The van der Waals surface area contributed by atoms with Crippen LogP contribution in [-0.2, 0) is 4.79 Å². The number of amides is 1. The predicted octanol–water partition coefficient (Wildman–Crippen LogP) is 4.67. The molecule has 0 aliphatic heterocycles. The fourth-order valence-corrected chi connectivity index (χ4v) is 4.39. The summed E-state index contributed by atoms with van der Waals surface area (Å²) in [7, 11) is 0. The Morgan fingerprint density at radius 1 is 1.21 bits per heavy atom. The monoisotopic (exact) mass is 418 g/mol. The van der Waals surface area contributed by atoms with Gasteiger partial charge in [-0.2, -0.15) is 10.4 Å². The standard InChI is InChI=1S/C21H14N4O2S2/c22-11-14-5-7-15(8-6-14)18-10-9-16(27-18)12-23-25-20(26)13-28-21-24-17-3-1-2-4-19(17)29-21/h1-10,12H,13H2,(H,25,26). The van der Waals surface area contributed by atoms with Crippen molar-refractivity contribution < 1.29 is 9.21 Å². The van der Waals surface area contributed by atoms with Crippen LogP contribution in [0, 0.1) is 11.3 Å². The van der Waals surface area contributed by atoms with Gasteiger partial charge in [0.2, 0.25) is 0 Å². The number of thioether (sulfide) groups is 1. The van der Waals surface area contributed by atoms with E-state index in [9.17, 15) is 4.79 Å². The molecule has 2 aromatic heterocycles. The van der Waals surface area contributed by atoms with Gasteiger partial charge in [-0.15, -0.1) is 11.3 Å². The molecule has 2 aromatic carbocycles. The van der Waals surface area contributed by atoms with Crippen LogP contribution in [0.3, 0.4) is 0 Å². The molecule has 4 rings (SSSR count). The molecule has 0 fully saturated rings. The van der Waals surface area contributed by atoms with Crippen LogP contribution in [0.25, 0.3) is 21.5 Å². The van der Waals surface area contributed by atoms with E-state index >= 15 is 0 Å². The summed E-state index contributed by atoms with van der Waals surface area (Å²) < 4.78 is 7.64. The van der Waals surface area contributed by atoms with Crippen molar-refractivity contribution >= 4 is 45.4 Å². The third-order valence-corrected chi connectivity index (χ3v) is 6.09. The summed E-state index contributed by atoms with van der Waals surface area (Å²) >= 11 is 2.94. The van der Waals surface area contributed by atoms with Crippen molar-refractivity contribution in [3.63, 3.8) is 0 Å². The number of benzene rings is 2. The summed E-state index contributed by atoms with van der Waals surface area (Å²) in [6.45, 7) is 0. The highest BCUT2D eigenvalue weighted by Crippen LogP contribution is 2.29. The van der Waals surface area contributed by atoms with E-state index in [0.717, 1.165) is 20.1 Å². The lowest BCUT2D eigenvalue weighted by atomic mass is 10.1. The summed E-state index contributed by atoms with van der Waals surface area (Å²) in [5, 5.41) is 12.8. The van der Waals surface area contributed by atoms with Gasteiger partial charge in [0.15, 0.2) is 4.34 Å². The fraction of sp³-hybridized carbons (Fsp3) is 0.0476. The summed E-state index contributed by atoms with van der Waals surface area (Å²) in [6.07, 6.45) is 1.45. The number of hydrogen-bond donors (Lipinski definition) is 1. The zero-order valence-corrected chi connectivity index (χ0v) is 16.7. The first-order valence-corrected chi connectivity index (χ1v) is 10.4. The molecule has 0 spiro atoms. The van der Waals surface area contributed by atoms with E-state index in [1.165, 1.54) is 18.0 Å². The number of furan rings is 1. The van der Waals surface area contributed by atoms with E-state index in [2.05, 4.69) is 21.6 Å². The third-order valence-electron chi connectivity index (χ3n) is 3.91. The number of hydrogen-bond acceptors (Lipinski definition) is 7. The molecule has 0 unspecified atom stereocenters. The maximum Gasteiger partial charge on any atom is 0.250 e. The van der Waals surface area contributed by atoms with E-state index in [4.69, 9.17) is 9.68 Å². The molecule has 1 N–H and O–H groups in total. The van der Waals surface area contributed by atoms with Crippen LogP contribution in [0.1, 0.15) is 11.3 Å². The second-order valence-corrected chi connectivity index (χ2v) is 8.17. The summed E-state index contributed by atoms with van der Waals surface area (Å²) in [6, 6.07) is 20.6. The fourth-order valence-electron chi connectivity index (χ4n) is 2.53. The average Bonchev–Trinajstić information content (AvgIpc) is 3.39. The van der Waals surface area contributed by atoms with Gasteiger partial charge in [0.05, 0.1) is 33.8 Å². The van der Waals surface area contributed by atoms with E-state index < -0.39 is 0 Å². The SMILES string of the molecule is N#Cc1ccc(-c2ccc(C=NNC(=O)CSc3nc4ccccc4s3)o2)cc1. The first-order valence-electron chi connectivity index (χ1n) is 8.62. The molecule has 0 bridgehead atoms. The number of rotatable bonds is 6. The molecule has 29 heavy (non-hydrogen) atoms. The van der Waals surface area contributed by atoms with Crippen LogP contribution in [-0.4, -0.2) is 22.9 Å². The van der Waals surface area contributed by atoms with Crippen molar-refractivity contribution in [3.8, 4) is 17.4 Å². The Hall–Kier alpha value is -3.41. The molecule has 0 saturated heterocycles. The lowest BCUT2D eigenvalue weighted by Crippen LogP contribution is -2.19. The first-order chi connectivity index (χ1) is 14.2. The minimum Gasteiger partial charge on any atom is -0.455 e. The smallest absolute Gasteiger partial charge is 0.250 e. The number of aromatic nitrogens is 1. The van der Waals surface area contributed by atoms with Crippen molar-refractivity contribution in [2.75, 3.05) is 5.75 Å². The van der Waals surface area contributed by atoms with Gasteiger partial charge in [0.1, 0.15) is 11.5 Å². The lowest BCUT2D eigenvalue weighted by molar-refractivity contribution is -0.118. The number of nitriles is 1. The molecule has 142 valence electrons. The Labute approximate surface area is 174 Å². The van der Waals surface area contributed by atoms with Gasteiger partial charge in [-0.25, -0.2) is 10.4 Å². The summed E-state index contributed by atoms with van der Waals surface area (Å²) in [5.41, 5.74) is 4.88. The van der Waals surface area contributed by atoms with Gasteiger partial charge in [0, 0.05) is 5.56 Å². The highest BCUT2D eigenvalue weighted by Gasteiger charge is 2.07. The van der Waals surface area contributed by atoms with Gasteiger partial charge in [0.25, 0.3) is 5.91 Å². The Morgan fingerprint density at radius 2 is 2.03 bits per heavy atom. The predicted molar refractivity (Wildman–Crippen MR) is 115 cm³/mol. The highest BCUT2D eigenvalue weighted by atomic mass is 32.2. The van der Waals surface area contributed by atoms with Crippen LogP contribution < -0.4 is 5.43 Å². The molecule has 8 heteroatoms. The van der Waals surface area contributed by atoms with E-state index in [1.54, 1.807) is 29.5 Å².